The molecule has 0 spiro atoms. The Morgan fingerprint density at radius 2 is 2.50 bits per heavy atom. The summed E-state index contributed by atoms with van der Waals surface area (Å²) in [6.45, 7) is 2.22. The van der Waals surface area contributed by atoms with Crippen LogP contribution in [-0.2, 0) is 7.05 Å². The van der Waals surface area contributed by atoms with E-state index in [1.165, 1.54) is 4.68 Å². The summed E-state index contributed by atoms with van der Waals surface area (Å²) < 4.78 is 18.7. The minimum atomic E-state index is -0.538. The van der Waals surface area contributed by atoms with E-state index < -0.39 is 5.82 Å². The van der Waals surface area contributed by atoms with Crippen LogP contribution in [0.1, 0.15) is 6.92 Å². The highest BCUT2D eigenvalue weighted by Gasteiger charge is 2.07. The molecule has 55 valence electrons. The predicted molar refractivity (Wildman–Crippen MR) is 33.2 cm³/mol. The van der Waals surface area contributed by atoms with Crippen molar-refractivity contribution in [3.05, 3.63) is 12.0 Å². The highest BCUT2D eigenvalue weighted by Crippen LogP contribution is 2.12. The van der Waals surface area contributed by atoms with Gasteiger partial charge in [0.15, 0.2) is 6.20 Å². The van der Waals surface area contributed by atoms with Crippen LogP contribution in [0.3, 0.4) is 0 Å². The maximum Gasteiger partial charge on any atom is 0.249 e. The van der Waals surface area contributed by atoms with Gasteiger partial charge in [0.25, 0.3) is 0 Å². The predicted octanol–water partition coefficient (Wildman–Crippen LogP) is 0.758. The van der Waals surface area contributed by atoms with E-state index in [1.807, 2.05) is 0 Å². The van der Waals surface area contributed by atoms with Crippen molar-refractivity contribution in [3.63, 3.8) is 0 Å². The smallest absolute Gasteiger partial charge is 0.249 e. The molecule has 1 aromatic heterocycles. The van der Waals surface area contributed by atoms with Crippen molar-refractivity contribution in [3.8, 4) is 5.88 Å². The number of hydrogen-bond donors (Lipinski definition) is 0. The number of halogens is 1. The molecular formula is C6H8FN2O. The van der Waals surface area contributed by atoms with E-state index in [-0.39, 0.29) is 5.88 Å². The van der Waals surface area contributed by atoms with Crippen LogP contribution in [0.15, 0.2) is 0 Å². The van der Waals surface area contributed by atoms with Crippen LogP contribution < -0.4 is 4.74 Å². The Hall–Kier alpha value is -1.06. The second kappa shape index (κ2) is 2.68. The van der Waals surface area contributed by atoms with E-state index >= 15 is 0 Å². The zero-order chi connectivity index (χ0) is 7.56. The van der Waals surface area contributed by atoms with Gasteiger partial charge >= 0.3 is 0 Å². The standard InChI is InChI=1S/C6H8FN2O/c1-3-10-6-5(7)4-8-9(6)2/h3H2,1-2H3. The Morgan fingerprint density at radius 1 is 1.80 bits per heavy atom. The lowest BCUT2D eigenvalue weighted by Gasteiger charge is -2.00. The van der Waals surface area contributed by atoms with Crippen LogP contribution in [0.2, 0.25) is 0 Å². The molecule has 0 fully saturated rings. The third-order valence-corrected chi connectivity index (χ3v) is 1.06. The monoisotopic (exact) mass is 143 g/mol. The minimum Gasteiger partial charge on any atom is -0.476 e. The van der Waals surface area contributed by atoms with Crippen LogP contribution >= 0.6 is 0 Å². The van der Waals surface area contributed by atoms with Gasteiger partial charge in [0.05, 0.1) is 6.61 Å². The molecule has 0 saturated carbocycles. The lowest BCUT2D eigenvalue weighted by molar-refractivity contribution is 0.293. The third kappa shape index (κ3) is 1.10. The Morgan fingerprint density at radius 3 is 2.90 bits per heavy atom. The van der Waals surface area contributed by atoms with Gasteiger partial charge in [-0.3, -0.25) is 0 Å². The first kappa shape index (κ1) is 7.05. The van der Waals surface area contributed by atoms with E-state index in [0.29, 0.717) is 6.61 Å². The SMILES string of the molecule is CCOc1c(F)[c]nn1C. The van der Waals surface area contributed by atoms with E-state index in [9.17, 15) is 4.39 Å². The van der Waals surface area contributed by atoms with E-state index in [0.717, 1.165) is 0 Å². The molecule has 10 heavy (non-hydrogen) atoms. The molecule has 4 heteroatoms. The quantitative estimate of drug-likeness (QED) is 0.611. The summed E-state index contributed by atoms with van der Waals surface area (Å²) in [6.07, 6.45) is 2.14. The van der Waals surface area contributed by atoms with Crippen molar-refractivity contribution in [2.45, 2.75) is 6.92 Å². The number of aromatic nitrogens is 2. The Balaban J connectivity index is 2.87. The number of rotatable bonds is 2. The van der Waals surface area contributed by atoms with Crippen LogP contribution in [-0.4, -0.2) is 16.4 Å². The molecule has 0 aliphatic rings. The van der Waals surface area contributed by atoms with Gasteiger partial charge in [-0.25, -0.2) is 4.68 Å². The summed E-state index contributed by atoms with van der Waals surface area (Å²) >= 11 is 0. The molecule has 0 bridgehead atoms. The van der Waals surface area contributed by atoms with Crippen LogP contribution in [0.25, 0.3) is 0 Å². The molecule has 0 saturated heterocycles. The normalized spacial score (nSPS) is 9.90. The van der Waals surface area contributed by atoms with Gasteiger partial charge in [-0.05, 0) is 6.92 Å². The summed E-state index contributed by atoms with van der Waals surface area (Å²) in [4.78, 5) is 0. The number of aryl methyl sites for hydroxylation is 1. The van der Waals surface area contributed by atoms with Gasteiger partial charge in [-0.2, -0.15) is 9.49 Å². The maximum absolute atomic E-state index is 12.5. The first-order valence-electron chi connectivity index (χ1n) is 2.98. The van der Waals surface area contributed by atoms with Crippen molar-refractivity contribution >= 4 is 0 Å². The molecular weight excluding hydrogens is 135 g/mol. The fourth-order valence-electron chi connectivity index (χ4n) is 0.648. The molecule has 0 N–H and O–H groups in total. The van der Waals surface area contributed by atoms with Crippen molar-refractivity contribution in [2.24, 2.45) is 7.05 Å². The van der Waals surface area contributed by atoms with Crippen LogP contribution in [0.5, 0.6) is 5.88 Å². The van der Waals surface area contributed by atoms with Gasteiger partial charge < -0.3 is 4.74 Å². The zero-order valence-electron chi connectivity index (χ0n) is 5.89. The second-order valence-electron chi connectivity index (χ2n) is 1.79. The molecule has 3 nitrogen and oxygen atoms in total. The number of ether oxygens (including phenoxy) is 1. The Kier molecular flexibility index (Phi) is 1.89. The lowest BCUT2D eigenvalue weighted by Crippen LogP contribution is -2.00. The summed E-state index contributed by atoms with van der Waals surface area (Å²) in [7, 11) is 1.60. The fraction of sp³-hybridized carbons (Fsp3) is 0.500. The topological polar surface area (TPSA) is 27.1 Å². The summed E-state index contributed by atoms with van der Waals surface area (Å²) in [5, 5.41) is 3.53. The second-order valence-corrected chi connectivity index (χ2v) is 1.79. The highest BCUT2D eigenvalue weighted by molar-refractivity contribution is 5.09. The molecule has 1 radical (unpaired) electrons. The molecule has 0 amide bonds. The van der Waals surface area contributed by atoms with Gasteiger partial charge in [0, 0.05) is 7.05 Å². The Labute approximate surface area is 58.4 Å². The van der Waals surface area contributed by atoms with E-state index in [1.54, 1.807) is 14.0 Å². The molecule has 0 aliphatic heterocycles. The Bertz CT molecular complexity index is 202. The summed E-state index contributed by atoms with van der Waals surface area (Å²) in [5.41, 5.74) is 0. The average molecular weight is 143 g/mol. The minimum absolute atomic E-state index is 0.141. The molecule has 0 aromatic carbocycles. The van der Waals surface area contributed by atoms with Crippen molar-refractivity contribution < 1.29 is 9.13 Å². The van der Waals surface area contributed by atoms with E-state index in [4.69, 9.17) is 4.74 Å². The average Bonchev–Trinajstić information content (AvgIpc) is 2.20. The molecule has 1 rings (SSSR count). The third-order valence-electron chi connectivity index (χ3n) is 1.06. The van der Waals surface area contributed by atoms with Gasteiger partial charge in [0.1, 0.15) is 0 Å². The maximum atomic E-state index is 12.5. The molecule has 1 aromatic rings. The molecule has 1 heterocycles. The highest BCUT2D eigenvalue weighted by atomic mass is 19.1. The molecule has 0 atom stereocenters. The number of hydrogen-bond acceptors (Lipinski definition) is 2. The van der Waals surface area contributed by atoms with Crippen molar-refractivity contribution in [1.29, 1.82) is 0 Å². The van der Waals surface area contributed by atoms with Crippen LogP contribution in [0, 0.1) is 12.0 Å². The largest absolute Gasteiger partial charge is 0.476 e. The van der Waals surface area contributed by atoms with Gasteiger partial charge in [0.2, 0.25) is 11.7 Å². The zero-order valence-corrected chi connectivity index (χ0v) is 5.89. The number of nitrogens with zero attached hydrogens (tertiary/aromatic N) is 2. The van der Waals surface area contributed by atoms with Gasteiger partial charge in [-0.1, -0.05) is 0 Å². The first-order valence-corrected chi connectivity index (χ1v) is 2.98. The van der Waals surface area contributed by atoms with Crippen molar-refractivity contribution in [2.75, 3.05) is 6.61 Å². The van der Waals surface area contributed by atoms with Crippen LogP contribution in [0.4, 0.5) is 4.39 Å². The van der Waals surface area contributed by atoms with Gasteiger partial charge in [-0.15, -0.1) is 0 Å². The molecule has 0 aliphatic carbocycles. The first-order chi connectivity index (χ1) is 4.75. The van der Waals surface area contributed by atoms with Crippen molar-refractivity contribution in [1.82, 2.24) is 9.78 Å². The fourth-order valence-corrected chi connectivity index (χ4v) is 0.648. The lowest BCUT2D eigenvalue weighted by atomic mass is 10.6. The summed E-state index contributed by atoms with van der Waals surface area (Å²) in [6, 6.07) is 0. The summed E-state index contributed by atoms with van der Waals surface area (Å²) in [5.74, 6) is -0.396. The molecule has 0 unspecified atom stereocenters. The van der Waals surface area contributed by atoms with E-state index in [2.05, 4.69) is 11.3 Å².